The summed E-state index contributed by atoms with van der Waals surface area (Å²) in [5.41, 5.74) is 0.784. The van der Waals surface area contributed by atoms with Crippen LogP contribution in [0.3, 0.4) is 0 Å². The molecule has 2 aromatic rings. The monoisotopic (exact) mass is 306 g/mol. The molecule has 6 nitrogen and oxygen atoms in total. The van der Waals surface area contributed by atoms with Crippen LogP contribution in [0.2, 0.25) is 5.02 Å². The Hall–Kier alpha value is -2.34. The van der Waals surface area contributed by atoms with Crippen LogP contribution in [-0.4, -0.2) is 29.8 Å². The van der Waals surface area contributed by atoms with Crippen LogP contribution in [0.4, 0.5) is 11.5 Å². The summed E-state index contributed by atoms with van der Waals surface area (Å²) in [4.78, 5) is 12.0. The maximum absolute atomic E-state index is 12.0. The van der Waals surface area contributed by atoms with Gasteiger partial charge in [-0.3, -0.25) is 4.79 Å². The zero-order chi connectivity index (χ0) is 15.2. The van der Waals surface area contributed by atoms with Crippen LogP contribution in [0.5, 0.6) is 5.75 Å². The number of carbonyl (C=O) groups is 1. The Morgan fingerprint density at radius 2 is 2.10 bits per heavy atom. The lowest BCUT2D eigenvalue weighted by Gasteiger charge is -2.08. The Balaban J connectivity index is 2.08. The number of rotatable bonds is 5. The van der Waals surface area contributed by atoms with Crippen molar-refractivity contribution in [2.24, 2.45) is 0 Å². The molecule has 0 saturated heterocycles. The minimum Gasteiger partial charge on any atom is -0.495 e. The van der Waals surface area contributed by atoms with Crippen molar-refractivity contribution in [3.63, 3.8) is 0 Å². The molecule has 0 aliphatic rings. The highest BCUT2D eigenvalue weighted by Crippen LogP contribution is 2.27. The summed E-state index contributed by atoms with van der Waals surface area (Å²) in [6.07, 6.45) is 0. The number of ether oxygens (including phenoxy) is 1. The molecule has 0 aliphatic heterocycles. The summed E-state index contributed by atoms with van der Waals surface area (Å²) >= 11 is 6.00. The average molecular weight is 307 g/mol. The zero-order valence-electron chi connectivity index (χ0n) is 11.7. The molecule has 21 heavy (non-hydrogen) atoms. The number of nitrogens with zero attached hydrogens (tertiary/aromatic N) is 2. The van der Waals surface area contributed by atoms with Crippen LogP contribution in [0.15, 0.2) is 30.3 Å². The van der Waals surface area contributed by atoms with Gasteiger partial charge in [0.15, 0.2) is 5.69 Å². The van der Waals surface area contributed by atoms with Gasteiger partial charge in [0, 0.05) is 12.2 Å². The van der Waals surface area contributed by atoms with Crippen LogP contribution in [0, 0.1) is 0 Å². The summed E-state index contributed by atoms with van der Waals surface area (Å²) in [5, 5.41) is 13.9. The molecule has 1 amide bonds. The van der Waals surface area contributed by atoms with E-state index < -0.39 is 0 Å². The van der Waals surface area contributed by atoms with E-state index in [1.54, 1.807) is 30.3 Å². The third kappa shape index (κ3) is 3.82. The van der Waals surface area contributed by atoms with Gasteiger partial charge in [-0.05, 0) is 37.3 Å². The molecule has 1 heterocycles. The zero-order valence-corrected chi connectivity index (χ0v) is 12.4. The molecule has 0 spiro atoms. The lowest BCUT2D eigenvalue weighted by Crippen LogP contribution is -2.14. The molecule has 0 fully saturated rings. The summed E-state index contributed by atoms with van der Waals surface area (Å²) < 4.78 is 5.05. The molecule has 0 radical (unpaired) electrons. The highest BCUT2D eigenvalue weighted by Gasteiger charge is 2.10. The first kappa shape index (κ1) is 15.1. The van der Waals surface area contributed by atoms with Crippen molar-refractivity contribution in [3.05, 3.63) is 41.0 Å². The largest absolute Gasteiger partial charge is 0.495 e. The van der Waals surface area contributed by atoms with Crippen molar-refractivity contribution in [3.8, 4) is 5.75 Å². The van der Waals surface area contributed by atoms with Gasteiger partial charge in [0.05, 0.1) is 12.1 Å². The molecule has 7 heteroatoms. The minimum atomic E-state index is -0.355. The Morgan fingerprint density at radius 3 is 2.67 bits per heavy atom. The molecule has 0 aliphatic carbocycles. The van der Waals surface area contributed by atoms with Gasteiger partial charge in [-0.15, -0.1) is 10.2 Å². The topological polar surface area (TPSA) is 76.1 Å². The second-order valence-corrected chi connectivity index (χ2v) is 4.54. The first-order valence-corrected chi connectivity index (χ1v) is 6.74. The number of benzene rings is 1. The smallest absolute Gasteiger partial charge is 0.276 e. The quantitative estimate of drug-likeness (QED) is 0.888. The second-order valence-electron chi connectivity index (χ2n) is 4.14. The van der Waals surface area contributed by atoms with Crippen molar-refractivity contribution in [1.29, 1.82) is 0 Å². The van der Waals surface area contributed by atoms with E-state index in [0.29, 0.717) is 22.3 Å². The second kappa shape index (κ2) is 6.90. The number of methoxy groups -OCH3 is 1. The number of aromatic nitrogens is 2. The number of anilines is 2. The molecular weight excluding hydrogens is 292 g/mol. The van der Waals surface area contributed by atoms with Crippen molar-refractivity contribution < 1.29 is 9.53 Å². The van der Waals surface area contributed by atoms with Gasteiger partial charge in [0.2, 0.25) is 0 Å². The van der Waals surface area contributed by atoms with Gasteiger partial charge in [-0.2, -0.15) is 0 Å². The van der Waals surface area contributed by atoms with Crippen LogP contribution < -0.4 is 15.4 Å². The number of amides is 1. The molecule has 110 valence electrons. The van der Waals surface area contributed by atoms with Crippen LogP contribution in [0.25, 0.3) is 0 Å². The third-order valence-corrected chi connectivity index (χ3v) is 2.96. The fourth-order valence-corrected chi connectivity index (χ4v) is 1.93. The minimum absolute atomic E-state index is 0.226. The number of hydrogen-bond acceptors (Lipinski definition) is 5. The van der Waals surface area contributed by atoms with E-state index >= 15 is 0 Å². The van der Waals surface area contributed by atoms with E-state index in [4.69, 9.17) is 16.3 Å². The molecule has 2 rings (SSSR count). The summed E-state index contributed by atoms with van der Waals surface area (Å²) in [6.45, 7) is 2.69. The van der Waals surface area contributed by atoms with E-state index in [-0.39, 0.29) is 11.6 Å². The van der Waals surface area contributed by atoms with E-state index in [1.165, 1.54) is 7.11 Å². The van der Waals surface area contributed by atoms with Crippen LogP contribution in [0.1, 0.15) is 17.4 Å². The van der Waals surface area contributed by atoms with E-state index in [9.17, 15) is 4.79 Å². The first-order valence-electron chi connectivity index (χ1n) is 6.36. The van der Waals surface area contributed by atoms with E-state index in [2.05, 4.69) is 20.8 Å². The van der Waals surface area contributed by atoms with Crippen LogP contribution in [-0.2, 0) is 0 Å². The van der Waals surface area contributed by atoms with Crippen molar-refractivity contribution >= 4 is 29.0 Å². The fourth-order valence-electron chi connectivity index (χ4n) is 1.67. The maximum atomic E-state index is 12.0. The van der Waals surface area contributed by atoms with Gasteiger partial charge in [0.25, 0.3) is 5.91 Å². The SMILES string of the molecule is CCNc1ccc(C(=O)Nc2ccc(OC)c(Cl)c2)nn1. The van der Waals surface area contributed by atoms with Gasteiger partial charge in [0.1, 0.15) is 11.6 Å². The van der Waals surface area contributed by atoms with E-state index in [0.717, 1.165) is 6.54 Å². The number of carbonyl (C=O) groups excluding carboxylic acids is 1. The highest BCUT2D eigenvalue weighted by molar-refractivity contribution is 6.32. The molecular formula is C14H15ClN4O2. The van der Waals surface area contributed by atoms with Gasteiger partial charge in [-0.1, -0.05) is 11.6 Å². The fraction of sp³-hybridized carbons (Fsp3) is 0.214. The molecule has 1 aromatic heterocycles. The van der Waals surface area contributed by atoms with Gasteiger partial charge < -0.3 is 15.4 Å². The number of halogens is 1. The molecule has 0 saturated carbocycles. The summed E-state index contributed by atoms with van der Waals surface area (Å²) in [7, 11) is 1.53. The first-order chi connectivity index (χ1) is 10.1. The van der Waals surface area contributed by atoms with Crippen molar-refractivity contribution in [1.82, 2.24) is 10.2 Å². The number of hydrogen-bond donors (Lipinski definition) is 2. The lowest BCUT2D eigenvalue weighted by atomic mass is 10.3. The highest BCUT2D eigenvalue weighted by atomic mass is 35.5. The molecule has 2 N–H and O–H groups in total. The van der Waals surface area contributed by atoms with Gasteiger partial charge in [-0.25, -0.2) is 0 Å². The Bertz CT molecular complexity index is 631. The Labute approximate surface area is 127 Å². The predicted octanol–water partition coefficient (Wildman–Crippen LogP) is 2.82. The molecule has 1 aromatic carbocycles. The molecule has 0 unspecified atom stereocenters. The lowest BCUT2D eigenvalue weighted by molar-refractivity contribution is 0.102. The maximum Gasteiger partial charge on any atom is 0.276 e. The van der Waals surface area contributed by atoms with Crippen molar-refractivity contribution in [2.75, 3.05) is 24.3 Å². The molecule has 0 bridgehead atoms. The van der Waals surface area contributed by atoms with Gasteiger partial charge >= 0.3 is 0 Å². The summed E-state index contributed by atoms with van der Waals surface area (Å²) in [5.74, 6) is 0.817. The summed E-state index contributed by atoms with van der Waals surface area (Å²) in [6, 6.07) is 8.29. The van der Waals surface area contributed by atoms with E-state index in [1.807, 2.05) is 6.92 Å². The number of nitrogens with one attached hydrogen (secondary N) is 2. The Morgan fingerprint density at radius 1 is 1.29 bits per heavy atom. The van der Waals surface area contributed by atoms with Crippen molar-refractivity contribution in [2.45, 2.75) is 6.92 Å². The normalized spacial score (nSPS) is 10.0. The average Bonchev–Trinajstić information content (AvgIpc) is 2.48. The standard InChI is InChI=1S/C14H15ClN4O2/c1-3-16-13-7-5-11(18-19-13)14(20)17-9-4-6-12(21-2)10(15)8-9/h4-8H,3H2,1-2H3,(H,16,19)(H,17,20). The predicted molar refractivity (Wildman–Crippen MR) is 82.2 cm³/mol. The Kier molecular flexibility index (Phi) is 4.94. The van der Waals surface area contributed by atoms with Crippen LogP contribution >= 0.6 is 11.6 Å². The molecule has 0 atom stereocenters. The third-order valence-electron chi connectivity index (χ3n) is 2.66.